The Bertz CT molecular complexity index is 669. The number of hydrogen-bond acceptors (Lipinski definition) is 2. The maximum atomic E-state index is 9.30. The lowest BCUT2D eigenvalue weighted by Gasteiger charge is -2.07. The van der Waals surface area contributed by atoms with Crippen LogP contribution in [0.3, 0.4) is 0 Å². The van der Waals surface area contributed by atoms with E-state index in [0.717, 1.165) is 41.7 Å². The SMILES string of the molecule is CC(C)Cc1nc2ccc(C3(C#N)CC3)cc2n1C. The Morgan fingerprint density at radius 3 is 2.74 bits per heavy atom. The van der Waals surface area contributed by atoms with E-state index in [0.29, 0.717) is 5.92 Å². The highest BCUT2D eigenvalue weighted by molar-refractivity contribution is 5.77. The minimum atomic E-state index is -0.212. The van der Waals surface area contributed by atoms with Gasteiger partial charge in [-0.1, -0.05) is 19.9 Å². The second-order valence-electron chi connectivity index (χ2n) is 6.08. The highest BCUT2D eigenvalue weighted by Crippen LogP contribution is 2.48. The molecule has 0 spiro atoms. The zero-order valence-corrected chi connectivity index (χ0v) is 11.8. The van der Waals surface area contributed by atoms with Crippen molar-refractivity contribution in [3.8, 4) is 6.07 Å². The molecule has 1 heterocycles. The molecule has 0 radical (unpaired) electrons. The predicted molar refractivity (Wildman–Crippen MR) is 75.8 cm³/mol. The van der Waals surface area contributed by atoms with Gasteiger partial charge in [-0.05, 0) is 36.5 Å². The van der Waals surface area contributed by atoms with Gasteiger partial charge >= 0.3 is 0 Å². The lowest BCUT2D eigenvalue weighted by molar-refractivity contribution is 0.606. The molecule has 1 fully saturated rings. The molecule has 1 aromatic heterocycles. The average molecular weight is 253 g/mol. The zero-order chi connectivity index (χ0) is 13.6. The number of fused-ring (bicyclic) bond motifs is 1. The summed E-state index contributed by atoms with van der Waals surface area (Å²) in [6, 6.07) is 8.75. The molecule has 1 saturated carbocycles. The second kappa shape index (κ2) is 4.09. The van der Waals surface area contributed by atoms with Crippen LogP contribution in [0.5, 0.6) is 0 Å². The number of benzene rings is 1. The average Bonchev–Trinajstić information content (AvgIpc) is 3.12. The van der Waals surface area contributed by atoms with Crippen molar-refractivity contribution in [2.24, 2.45) is 13.0 Å². The van der Waals surface area contributed by atoms with Crippen LogP contribution in [-0.2, 0) is 18.9 Å². The number of nitrogens with zero attached hydrogens (tertiary/aromatic N) is 3. The number of imidazole rings is 1. The van der Waals surface area contributed by atoms with Gasteiger partial charge in [-0.3, -0.25) is 0 Å². The summed E-state index contributed by atoms with van der Waals surface area (Å²) in [6.07, 6.45) is 2.97. The fourth-order valence-electron chi connectivity index (χ4n) is 2.68. The van der Waals surface area contributed by atoms with Gasteiger partial charge in [0.15, 0.2) is 0 Å². The summed E-state index contributed by atoms with van der Waals surface area (Å²) in [6.45, 7) is 4.42. The molecule has 1 aliphatic carbocycles. The van der Waals surface area contributed by atoms with Crippen LogP contribution in [0.15, 0.2) is 18.2 Å². The van der Waals surface area contributed by atoms with E-state index in [4.69, 9.17) is 4.98 Å². The first kappa shape index (κ1) is 12.2. The van der Waals surface area contributed by atoms with E-state index < -0.39 is 0 Å². The lowest BCUT2D eigenvalue weighted by Crippen LogP contribution is -2.04. The Hall–Kier alpha value is -1.82. The summed E-state index contributed by atoms with van der Waals surface area (Å²) in [4.78, 5) is 4.70. The van der Waals surface area contributed by atoms with E-state index in [1.165, 1.54) is 0 Å². The minimum Gasteiger partial charge on any atom is -0.331 e. The van der Waals surface area contributed by atoms with Gasteiger partial charge in [0.2, 0.25) is 0 Å². The molecule has 98 valence electrons. The Morgan fingerprint density at radius 1 is 1.42 bits per heavy atom. The molecule has 0 saturated heterocycles. The smallest absolute Gasteiger partial charge is 0.109 e. The molecule has 1 aromatic carbocycles. The van der Waals surface area contributed by atoms with Crippen LogP contribution in [0.25, 0.3) is 11.0 Å². The summed E-state index contributed by atoms with van der Waals surface area (Å²) >= 11 is 0. The quantitative estimate of drug-likeness (QED) is 0.842. The molecule has 2 aromatic rings. The van der Waals surface area contributed by atoms with Crippen LogP contribution in [0.4, 0.5) is 0 Å². The van der Waals surface area contributed by atoms with Crippen molar-refractivity contribution in [3.05, 3.63) is 29.6 Å². The van der Waals surface area contributed by atoms with E-state index in [-0.39, 0.29) is 5.41 Å². The van der Waals surface area contributed by atoms with Crippen LogP contribution < -0.4 is 0 Å². The van der Waals surface area contributed by atoms with Crippen molar-refractivity contribution in [2.75, 3.05) is 0 Å². The molecule has 0 unspecified atom stereocenters. The highest BCUT2D eigenvalue weighted by atomic mass is 15.1. The maximum absolute atomic E-state index is 9.30. The topological polar surface area (TPSA) is 41.6 Å². The summed E-state index contributed by atoms with van der Waals surface area (Å²) in [5.74, 6) is 1.73. The predicted octanol–water partition coefficient (Wildman–Crippen LogP) is 3.33. The normalized spacial score (nSPS) is 16.8. The fraction of sp³-hybridized carbons (Fsp3) is 0.500. The third-order valence-electron chi connectivity index (χ3n) is 4.08. The second-order valence-corrected chi connectivity index (χ2v) is 6.08. The first-order chi connectivity index (χ1) is 9.05. The van der Waals surface area contributed by atoms with Gasteiger partial charge in [0.25, 0.3) is 0 Å². The number of aryl methyl sites for hydroxylation is 1. The van der Waals surface area contributed by atoms with Crippen LogP contribution in [-0.4, -0.2) is 9.55 Å². The maximum Gasteiger partial charge on any atom is 0.109 e. The van der Waals surface area contributed by atoms with Crippen LogP contribution in [0, 0.1) is 17.2 Å². The number of nitriles is 1. The Labute approximate surface area is 113 Å². The molecular weight excluding hydrogens is 234 g/mol. The highest BCUT2D eigenvalue weighted by Gasteiger charge is 2.45. The van der Waals surface area contributed by atoms with Crippen molar-refractivity contribution >= 4 is 11.0 Å². The molecule has 0 aliphatic heterocycles. The number of hydrogen-bond donors (Lipinski definition) is 0. The van der Waals surface area contributed by atoms with Gasteiger partial charge < -0.3 is 4.57 Å². The van der Waals surface area contributed by atoms with Crippen LogP contribution in [0.2, 0.25) is 0 Å². The van der Waals surface area contributed by atoms with E-state index >= 15 is 0 Å². The van der Waals surface area contributed by atoms with Crippen molar-refractivity contribution in [2.45, 2.75) is 38.5 Å². The third-order valence-corrected chi connectivity index (χ3v) is 4.08. The number of rotatable bonds is 3. The van der Waals surface area contributed by atoms with Gasteiger partial charge in [0.1, 0.15) is 5.82 Å². The Kier molecular flexibility index (Phi) is 2.63. The molecular formula is C16H19N3. The van der Waals surface area contributed by atoms with E-state index in [2.05, 4.69) is 49.7 Å². The monoisotopic (exact) mass is 253 g/mol. The van der Waals surface area contributed by atoms with Crippen molar-refractivity contribution in [1.29, 1.82) is 5.26 Å². The van der Waals surface area contributed by atoms with E-state index in [1.807, 2.05) is 0 Å². The molecule has 3 heteroatoms. The third kappa shape index (κ3) is 1.92. The van der Waals surface area contributed by atoms with Gasteiger partial charge in [-0.2, -0.15) is 5.26 Å². The summed E-state index contributed by atoms with van der Waals surface area (Å²) in [7, 11) is 2.07. The molecule has 3 nitrogen and oxygen atoms in total. The summed E-state index contributed by atoms with van der Waals surface area (Å²) in [5, 5.41) is 9.30. The Balaban J connectivity index is 2.08. The van der Waals surface area contributed by atoms with Gasteiger partial charge in [-0.15, -0.1) is 0 Å². The Morgan fingerprint density at radius 2 is 2.16 bits per heavy atom. The first-order valence-electron chi connectivity index (χ1n) is 6.93. The molecule has 3 rings (SSSR count). The molecule has 0 amide bonds. The zero-order valence-electron chi connectivity index (χ0n) is 11.8. The molecule has 1 aliphatic rings. The largest absolute Gasteiger partial charge is 0.331 e. The van der Waals surface area contributed by atoms with Gasteiger partial charge in [0.05, 0.1) is 22.5 Å². The minimum absolute atomic E-state index is 0.212. The standard InChI is InChI=1S/C16H19N3/c1-11(2)8-15-18-13-5-4-12(9-14(13)19(15)3)16(10-17)6-7-16/h4-5,9,11H,6-8H2,1-3H3. The lowest BCUT2D eigenvalue weighted by atomic mass is 9.97. The van der Waals surface area contributed by atoms with E-state index in [1.54, 1.807) is 0 Å². The van der Waals surface area contributed by atoms with Crippen molar-refractivity contribution < 1.29 is 0 Å². The first-order valence-corrected chi connectivity index (χ1v) is 6.93. The van der Waals surface area contributed by atoms with Crippen LogP contribution in [0.1, 0.15) is 38.1 Å². The van der Waals surface area contributed by atoms with Crippen molar-refractivity contribution in [1.82, 2.24) is 9.55 Å². The summed E-state index contributed by atoms with van der Waals surface area (Å²) < 4.78 is 2.17. The fourth-order valence-corrected chi connectivity index (χ4v) is 2.68. The van der Waals surface area contributed by atoms with Crippen LogP contribution >= 0.6 is 0 Å². The number of aromatic nitrogens is 2. The molecule has 0 bridgehead atoms. The van der Waals surface area contributed by atoms with E-state index in [9.17, 15) is 5.26 Å². The molecule has 0 N–H and O–H groups in total. The van der Waals surface area contributed by atoms with Crippen molar-refractivity contribution in [3.63, 3.8) is 0 Å². The molecule has 19 heavy (non-hydrogen) atoms. The van der Waals surface area contributed by atoms with Gasteiger partial charge in [-0.25, -0.2) is 4.98 Å². The van der Waals surface area contributed by atoms with Gasteiger partial charge in [0, 0.05) is 13.5 Å². The molecule has 0 atom stereocenters. The summed E-state index contributed by atoms with van der Waals surface area (Å²) in [5.41, 5.74) is 3.13.